The summed E-state index contributed by atoms with van der Waals surface area (Å²) in [4.78, 5) is 7.13. The van der Waals surface area contributed by atoms with Gasteiger partial charge in [0.25, 0.3) is 0 Å². The second kappa shape index (κ2) is 16.6. The van der Waals surface area contributed by atoms with E-state index in [1.165, 1.54) is 74.9 Å². The molecule has 258 valence electrons. The molecular weight excluding hydrogens is 696 g/mol. The van der Waals surface area contributed by atoms with Crippen LogP contribution in [0, 0.1) is 60.8 Å². The maximum atomic E-state index is 4.81. The molecule has 2 heterocycles. The molecule has 0 N–H and O–H groups in total. The Bertz CT molecular complexity index is 1860. The number of benzene rings is 6. The fourth-order valence-corrected chi connectivity index (χ4v) is 7.81. The number of aliphatic imine (C=N–C) groups is 1. The van der Waals surface area contributed by atoms with Gasteiger partial charge in [0.1, 0.15) is 5.84 Å². The van der Waals surface area contributed by atoms with Gasteiger partial charge in [-0.3, -0.25) is 4.99 Å². The third kappa shape index (κ3) is 7.16. The largest absolute Gasteiger partial charge is 2.00 e. The quantitative estimate of drug-likeness (QED) is 0.156. The topological polar surface area (TPSA) is 15.6 Å². The maximum Gasteiger partial charge on any atom is 2.00 e. The van der Waals surface area contributed by atoms with Crippen molar-refractivity contribution in [3.05, 3.63) is 288 Å². The van der Waals surface area contributed by atoms with Crippen molar-refractivity contribution in [1.29, 1.82) is 0 Å². The van der Waals surface area contributed by atoms with Crippen LogP contribution in [-0.2, 0) is 17.1 Å². The molecule has 0 aromatic heterocycles. The van der Waals surface area contributed by atoms with Gasteiger partial charge in [0.2, 0.25) is 0 Å². The van der Waals surface area contributed by atoms with Gasteiger partial charge in [-0.05, 0) is 58.7 Å². The van der Waals surface area contributed by atoms with E-state index in [1.807, 2.05) is 6.07 Å². The molecule has 2 aliphatic heterocycles. The fraction of sp³-hybridized carbons (Fsp3) is 0.0392. The summed E-state index contributed by atoms with van der Waals surface area (Å²) in [5, 5.41) is 0. The number of rotatable bonds is 6. The zero-order valence-corrected chi connectivity index (χ0v) is 30.8. The Hall–Kier alpha value is -4.95. The fourth-order valence-electron chi connectivity index (χ4n) is 7.81. The van der Waals surface area contributed by atoms with Gasteiger partial charge in [0.05, 0.1) is 12.1 Å². The van der Waals surface area contributed by atoms with Crippen LogP contribution in [0.5, 0.6) is 0 Å². The second-order valence-electron chi connectivity index (χ2n) is 13.4. The van der Waals surface area contributed by atoms with Crippen molar-refractivity contribution in [3.63, 3.8) is 0 Å². The van der Waals surface area contributed by atoms with Crippen molar-refractivity contribution in [2.24, 2.45) is 4.99 Å². The molecule has 0 spiro atoms. The molecule has 0 saturated heterocycles. The van der Waals surface area contributed by atoms with Gasteiger partial charge in [0.15, 0.2) is 0 Å². The summed E-state index contributed by atoms with van der Waals surface area (Å²) >= 11 is 0. The summed E-state index contributed by atoms with van der Waals surface area (Å²) in [5.41, 5.74) is 7.42. The van der Waals surface area contributed by atoms with Gasteiger partial charge < -0.3 is 4.90 Å². The predicted molar refractivity (Wildman–Crippen MR) is 216 cm³/mol. The Morgan fingerprint density at radius 2 is 0.759 bits per heavy atom. The normalized spacial score (nSPS) is 19.4. The molecule has 10 radical (unpaired) electrons. The third-order valence-corrected chi connectivity index (χ3v) is 10.2. The molecule has 54 heavy (non-hydrogen) atoms. The van der Waals surface area contributed by atoms with Crippen molar-refractivity contribution in [2.75, 3.05) is 6.54 Å². The van der Waals surface area contributed by atoms with Crippen LogP contribution in [0.2, 0.25) is 0 Å². The van der Waals surface area contributed by atoms with Crippen LogP contribution in [0.25, 0.3) is 0 Å². The minimum Gasteiger partial charge on any atom is -0.345 e. The zero-order chi connectivity index (χ0) is 35.4. The molecule has 3 heteroatoms. The van der Waals surface area contributed by atoms with E-state index in [9.17, 15) is 0 Å². The number of hydrogen-bond acceptors (Lipinski definition) is 2. The Labute approximate surface area is 332 Å². The molecule has 6 aromatic rings. The monoisotopic (exact) mass is 734 g/mol. The van der Waals surface area contributed by atoms with Crippen molar-refractivity contribution < 1.29 is 17.1 Å². The van der Waals surface area contributed by atoms with E-state index < -0.39 is 0 Å². The molecule has 0 amide bonds. The average Bonchev–Trinajstić information content (AvgIpc) is 3.99. The summed E-state index contributed by atoms with van der Waals surface area (Å²) in [6, 6.07) is 66.2. The van der Waals surface area contributed by atoms with E-state index in [0.717, 1.165) is 12.4 Å². The van der Waals surface area contributed by atoms with Crippen LogP contribution < -0.4 is 0 Å². The predicted octanol–water partition coefficient (Wildman–Crippen LogP) is 10.9. The Balaban J connectivity index is 0.000000182. The van der Waals surface area contributed by atoms with Crippen LogP contribution in [-0.4, -0.2) is 17.3 Å². The first kappa shape index (κ1) is 36.0. The number of fused-ring (bicyclic) bond motifs is 3. The van der Waals surface area contributed by atoms with E-state index in [-0.39, 0.29) is 23.1 Å². The zero-order valence-electron chi connectivity index (χ0n) is 29.7. The van der Waals surface area contributed by atoms with E-state index in [0.29, 0.717) is 0 Å². The standard InChI is InChI=1S/C35H25.C16H13N2.Fe/c1-6-16-26(17-7-1)31-32(27-18-8-2-9-19-27)34(29-22-12-4-13-23-29)35(30-24-14-5-15-25-30)33(31)28-20-10-3-11-21-28;1-2-5-12(6-3-1)14-11-18-15-8-4-7-13(15)9-10-16(18)17-14;/h1-25H;1-10,14H,11H2;/q;;+2. The molecule has 6 aromatic carbocycles. The summed E-state index contributed by atoms with van der Waals surface area (Å²) < 4.78 is 0. The van der Waals surface area contributed by atoms with Crippen LogP contribution in [0.4, 0.5) is 0 Å². The van der Waals surface area contributed by atoms with E-state index >= 15 is 0 Å². The Morgan fingerprint density at radius 1 is 0.407 bits per heavy atom. The summed E-state index contributed by atoms with van der Waals surface area (Å²) in [6.45, 7) is 0.945. The molecule has 2 fully saturated rings. The maximum absolute atomic E-state index is 4.81. The van der Waals surface area contributed by atoms with Crippen molar-refractivity contribution in [1.82, 2.24) is 4.90 Å². The Kier molecular flexibility index (Phi) is 11.1. The molecule has 2 nitrogen and oxygen atoms in total. The minimum absolute atomic E-state index is 0. The van der Waals surface area contributed by atoms with Crippen molar-refractivity contribution >= 4 is 5.84 Å². The molecule has 2 aliphatic carbocycles. The van der Waals surface area contributed by atoms with Crippen LogP contribution in [0.1, 0.15) is 39.4 Å². The molecule has 0 bridgehead atoms. The van der Waals surface area contributed by atoms with Gasteiger partial charge >= 0.3 is 17.1 Å². The van der Waals surface area contributed by atoms with Crippen LogP contribution in [0.15, 0.2) is 199 Å². The Morgan fingerprint density at radius 3 is 1.13 bits per heavy atom. The number of amidine groups is 1. The van der Waals surface area contributed by atoms with Crippen molar-refractivity contribution in [3.8, 4) is 0 Å². The third-order valence-electron chi connectivity index (χ3n) is 10.2. The SMILES string of the molecule is [CH]1[CH][C]2C=CC3=NC(c4ccccc4)CN3[C]2[CH]1.[Fe+2].c1ccc([C]2[C](c3ccccc3)[C](c3ccccc3)[C](c3ccccc3)[C]2c2ccccc2)cc1. The smallest absolute Gasteiger partial charge is 0.345 e. The average molecular weight is 735 g/mol. The van der Waals surface area contributed by atoms with Crippen molar-refractivity contribution in [2.45, 2.75) is 6.04 Å². The van der Waals surface area contributed by atoms with E-state index in [1.54, 1.807) is 0 Å². The number of hydrogen-bond donors (Lipinski definition) is 0. The van der Waals surface area contributed by atoms with Gasteiger partial charge in [-0.15, -0.1) is 0 Å². The van der Waals surface area contributed by atoms with E-state index in [4.69, 9.17) is 4.99 Å². The van der Waals surface area contributed by atoms with Gasteiger partial charge in [-0.25, -0.2) is 0 Å². The molecule has 1 unspecified atom stereocenters. The summed E-state index contributed by atoms with van der Waals surface area (Å²) in [6.07, 6.45) is 10.7. The summed E-state index contributed by atoms with van der Waals surface area (Å²) in [5.74, 6) is 8.77. The van der Waals surface area contributed by atoms with Crippen LogP contribution in [0.3, 0.4) is 0 Å². The molecule has 4 aliphatic rings. The molecule has 1 atom stereocenters. The van der Waals surface area contributed by atoms with Gasteiger partial charge in [-0.2, -0.15) is 0 Å². The van der Waals surface area contributed by atoms with E-state index in [2.05, 4.69) is 212 Å². The molecule has 2 saturated carbocycles. The first-order valence-electron chi connectivity index (χ1n) is 18.3. The summed E-state index contributed by atoms with van der Waals surface area (Å²) in [7, 11) is 0. The number of nitrogens with zero attached hydrogens (tertiary/aromatic N) is 2. The van der Waals surface area contributed by atoms with Crippen LogP contribution >= 0.6 is 0 Å². The minimum atomic E-state index is 0. The first-order valence-corrected chi connectivity index (χ1v) is 18.3. The second-order valence-corrected chi connectivity index (χ2v) is 13.4. The first-order chi connectivity index (χ1) is 26.3. The molecular formula is C51H38FeN2+2. The molecule has 10 rings (SSSR count). The van der Waals surface area contributed by atoms with Gasteiger partial charge in [-0.1, -0.05) is 188 Å². The van der Waals surface area contributed by atoms with Gasteiger partial charge in [0, 0.05) is 42.1 Å².